The molecule has 1 aromatic carbocycles. The summed E-state index contributed by atoms with van der Waals surface area (Å²) < 4.78 is 0. The number of benzene rings is 1. The van der Waals surface area contributed by atoms with Crippen molar-refractivity contribution in [3.63, 3.8) is 0 Å². The van der Waals surface area contributed by atoms with Crippen molar-refractivity contribution in [1.82, 2.24) is 10.2 Å². The second-order valence-electron chi connectivity index (χ2n) is 7.45. The lowest BCUT2D eigenvalue weighted by molar-refractivity contribution is -0.142. The summed E-state index contributed by atoms with van der Waals surface area (Å²) in [5.41, 5.74) is 1.33. The van der Waals surface area contributed by atoms with Crippen LogP contribution in [-0.2, 0) is 15.0 Å². The molecule has 0 bridgehead atoms. The maximum Gasteiger partial charge on any atom is 0.320 e. The molecule has 1 aliphatic carbocycles. The van der Waals surface area contributed by atoms with Gasteiger partial charge in [0, 0.05) is 12.0 Å². The van der Waals surface area contributed by atoms with Crippen LogP contribution < -0.4 is 5.32 Å². The first kappa shape index (κ1) is 17.9. The van der Waals surface area contributed by atoms with Gasteiger partial charge >= 0.3 is 5.97 Å². The van der Waals surface area contributed by atoms with Crippen LogP contribution in [0.1, 0.15) is 50.5 Å². The molecule has 2 N–H and O–H groups in total. The van der Waals surface area contributed by atoms with Gasteiger partial charge in [0.25, 0.3) is 0 Å². The highest BCUT2D eigenvalue weighted by Crippen LogP contribution is 2.38. The van der Waals surface area contributed by atoms with Crippen LogP contribution in [0.5, 0.6) is 0 Å². The molecule has 1 heterocycles. The number of carbonyl (C=O) groups excluding carboxylic acids is 1. The van der Waals surface area contributed by atoms with E-state index in [9.17, 15) is 14.7 Å². The Labute approximate surface area is 149 Å². The van der Waals surface area contributed by atoms with Crippen molar-refractivity contribution < 1.29 is 14.7 Å². The van der Waals surface area contributed by atoms with Gasteiger partial charge in [-0.2, -0.15) is 0 Å². The number of amides is 1. The fraction of sp³-hybridized carbons (Fsp3) is 0.600. The Balaban J connectivity index is 1.61. The number of rotatable bonds is 6. The van der Waals surface area contributed by atoms with E-state index in [1.54, 1.807) is 4.90 Å². The molecule has 0 radical (unpaired) electrons. The number of carboxylic acids is 1. The van der Waals surface area contributed by atoms with Crippen LogP contribution in [0, 0.1) is 0 Å². The highest BCUT2D eigenvalue weighted by molar-refractivity contribution is 5.80. The van der Waals surface area contributed by atoms with Crippen LogP contribution in [0.3, 0.4) is 0 Å². The van der Waals surface area contributed by atoms with Crippen molar-refractivity contribution in [2.24, 2.45) is 0 Å². The van der Waals surface area contributed by atoms with Crippen LogP contribution in [0.25, 0.3) is 0 Å². The van der Waals surface area contributed by atoms with Crippen LogP contribution in [0.15, 0.2) is 30.3 Å². The number of carboxylic acid groups (broad SMARTS) is 1. The highest BCUT2D eigenvalue weighted by Gasteiger charge is 2.35. The van der Waals surface area contributed by atoms with E-state index in [1.807, 2.05) is 6.07 Å². The fourth-order valence-electron chi connectivity index (χ4n) is 4.39. The second-order valence-corrected chi connectivity index (χ2v) is 7.45. The molecule has 5 heteroatoms. The van der Waals surface area contributed by atoms with Crippen molar-refractivity contribution in [2.75, 3.05) is 19.6 Å². The van der Waals surface area contributed by atoms with Gasteiger partial charge in [0.1, 0.15) is 6.04 Å². The maximum absolute atomic E-state index is 12.4. The Kier molecular flexibility index (Phi) is 5.74. The van der Waals surface area contributed by atoms with E-state index in [-0.39, 0.29) is 17.9 Å². The maximum atomic E-state index is 12.4. The van der Waals surface area contributed by atoms with E-state index in [1.165, 1.54) is 24.8 Å². The molecule has 1 aliphatic heterocycles. The third-order valence-corrected chi connectivity index (χ3v) is 5.82. The molecule has 1 saturated heterocycles. The Morgan fingerprint density at radius 1 is 1.12 bits per heavy atom. The molecule has 0 spiro atoms. The Hall–Kier alpha value is -1.88. The van der Waals surface area contributed by atoms with Crippen molar-refractivity contribution in [3.05, 3.63) is 35.9 Å². The SMILES string of the molecule is O=C(CN1CCC[C@H]1C(=O)O)NCC1(c2ccccc2)CCCCC1. The molecule has 1 saturated carbocycles. The van der Waals surface area contributed by atoms with E-state index in [4.69, 9.17) is 0 Å². The van der Waals surface area contributed by atoms with Gasteiger partial charge in [-0.05, 0) is 37.8 Å². The molecule has 1 atom stereocenters. The predicted octanol–water partition coefficient (Wildman–Crippen LogP) is 2.55. The summed E-state index contributed by atoms with van der Waals surface area (Å²) in [4.78, 5) is 25.5. The topological polar surface area (TPSA) is 69.6 Å². The summed E-state index contributed by atoms with van der Waals surface area (Å²) in [6, 6.07) is 9.97. The van der Waals surface area contributed by atoms with Gasteiger partial charge in [-0.25, -0.2) is 0 Å². The van der Waals surface area contributed by atoms with E-state index in [0.717, 1.165) is 19.3 Å². The lowest BCUT2D eigenvalue weighted by atomic mass is 9.69. The Morgan fingerprint density at radius 3 is 2.52 bits per heavy atom. The average Bonchev–Trinajstić information content (AvgIpc) is 3.10. The minimum Gasteiger partial charge on any atom is -0.480 e. The summed E-state index contributed by atoms with van der Waals surface area (Å²) in [6.45, 7) is 1.51. The van der Waals surface area contributed by atoms with Crippen molar-refractivity contribution in [3.8, 4) is 0 Å². The van der Waals surface area contributed by atoms with Gasteiger partial charge in [0.05, 0.1) is 6.54 Å². The van der Waals surface area contributed by atoms with Crippen molar-refractivity contribution in [1.29, 1.82) is 0 Å². The molecular formula is C20H28N2O3. The molecule has 25 heavy (non-hydrogen) atoms. The van der Waals surface area contributed by atoms with Gasteiger partial charge in [-0.15, -0.1) is 0 Å². The Bertz CT molecular complexity index is 596. The van der Waals surface area contributed by atoms with E-state index in [0.29, 0.717) is 19.5 Å². The second kappa shape index (κ2) is 8.00. The van der Waals surface area contributed by atoms with E-state index in [2.05, 4.69) is 29.6 Å². The van der Waals surface area contributed by atoms with E-state index >= 15 is 0 Å². The molecule has 5 nitrogen and oxygen atoms in total. The van der Waals surface area contributed by atoms with Crippen LogP contribution in [0.4, 0.5) is 0 Å². The summed E-state index contributed by atoms with van der Waals surface area (Å²) in [6.07, 6.45) is 7.32. The lowest BCUT2D eigenvalue weighted by Crippen LogP contribution is -2.47. The van der Waals surface area contributed by atoms with Gasteiger partial charge < -0.3 is 10.4 Å². The number of carbonyl (C=O) groups is 2. The summed E-state index contributed by atoms with van der Waals surface area (Å²) in [7, 11) is 0. The minimum atomic E-state index is -0.821. The summed E-state index contributed by atoms with van der Waals surface area (Å²) in [5.74, 6) is -0.882. The standard InChI is InChI=1S/C20H28N2O3/c23-18(14-22-13-7-10-17(22)19(24)25)21-15-20(11-5-2-6-12-20)16-8-3-1-4-9-16/h1,3-4,8-9,17H,2,5-7,10-15H2,(H,21,23)(H,24,25)/t17-/m0/s1. The monoisotopic (exact) mass is 344 g/mol. The average molecular weight is 344 g/mol. The largest absolute Gasteiger partial charge is 0.480 e. The molecule has 3 rings (SSSR count). The van der Waals surface area contributed by atoms with Crippen LogP contribution in [-0.4, -0.2) is 47.6 Å². The summed E-state index contributed by atoms with van der Waals surface area (Å²) in [5, 5.41) is 12.4. The minimum absolute atomic E-state index is 0.0202. The molecule has 136 valence electrons. The third-order valence-electron chi connectivity index (χ3n) is 5.82. The first-order chi connectivity index (χ1) is 12.1. The highest BCUT2D eigenvalue weighted by atomic mass is 16.4. The zero-order valence-electron chi connectivity index (χ0n) is 14.7. The molecule has 2 aliphatic rings. The normalized spacial score (nSPS) is 23.3. The number of likely N-dealkylation sites (tertiary alicyclic amines) is 1. The lowest BCUT2D eigenvalue weighted by Gasteiger charge is -2.38. The van der Waals surface area contributed by atoms with Crippen LogP contribution in [0.2, 0.25) is 0 Å². The van der Waals surface area contributed by atoms with Gasteiger partial charge in [-0.1, -0.05) is 49.6 Å². The first-order valence-corrected chi connectivity index (χ1v) is 9.40. The first-order valence-electron chi connectivity index (χ1n) is 9.40. The number of hydrogen-bond donors (Lipinski definition) is 2. The fourth-order valence-corrected chi connectivity index (χ4v) is 4.39. The molecular weight excluding hydrogens is 316 g/mol. The zero-order chi connectivity index (χ0) is 17.7. The Morgan fingerprint density at radius 2 is 1.84 bits per heavy atom. The smallest absolute Gasteiger partial charge is 0.320 e. The molecule has 1 amide bonds. The van der Waals surface area contributed by atoms with Gasteiger partial charge in [0.15, 0.2) is 0 Å². The number of nitrogens with zero attached hydrogens (tertiary/aromatic N) is 1. The number of nitrogens with one attached hydrogen (secondary N) is 1. The van der Waals surface area contributed by atoms with Crippen LogP contribution >= 0.6 is 0 Å². The van der Waals surface area contributed by atoms with Crippen molar-refractivity contribution >= 4 is 11.9 Å². The predicted molar refractivity (Wildman–Crippen MR) is 96.4 cm³/mol. The molecule has 1 aromatic rings. The summed E-state index contributed by atoms with van der Waals surface area (Å²) >= 11 is 0. The zero-order valence-corrected chi connectivity index (χ0v) is 14.7. The number of aliphatic carboxylic acids is 1. The third kappa shape index (κ3) is 4.21. The van der Waals surface area contributed by atoms with Gasteiger partial charge in [0.2, 0.25) is 5.91 Å². The van der Waals surface area contributed by atoms with E-state index < -0.39 is 12.0 Å². The quantitative estimate of drug-likeness (QED) is 0.832. The van der Waals surface area contributed by atoms with Crippen molar-refractivity contribution in [2.45, 2.75) is 56.4 Å². The van der Waals surface area contributed by atoms with Gasteiger partial charge in [-0.3, -0.25) is 14.5 Å². The molecule has 2 fully saturated rings. The molecule has 0 aromatic heterocycles. The molecule has 0 unspecified atom stereocenters. The number of hydrogen-bond acceptors (Lipinski definition) is 3.